The van der Waals surface area contributed by atoms with Gasteiger partial charge in [-0.2, -0.15) is 5.26 Å². The molecule has 0 bridgehead atoms. The fourth-order valence-corrected chi connectivity index (χ4v) is 3.19. The molecule has 0 saturated carbocycles. The summed E-state index contributed by atoms with van der Waals surface area (Å²) in [6.45, 7) is 0. The van der Waals surface area contributed by atoms with Crippen molar-refractivity contribution in [3.63, 3.8) is 0 Å². The summed E-state index contributed by atoms with van der Waals surface area (Å²) in [6.07, 6.45) is 0. The van der Waals surface area contributed by atoms with Crippen molar-refractivity contribution in [3.05, 3.63) is 19.2 Å². The van der Waals surface area contributed by atoms with E-state index in [0.717, 1.165) is 13.1 Å². The topological polar surface area (TPSA) is 23.8 Å². The molecule has 1 heterocycles. The normalized spacial score (nSPS) is 8.09. The molecule has 11 heavy (non-hydrogen) atoms. The maximum atomic E-state index is 8.18. The minimum absolute atomic E-state index is 0.850. The fraction of sp³-hybridized carbons (Fsp3) is 0. The van der Waals surface area contributed by atoms with Gasteiger partial charge in [-0.3, -0.25) is 0 Å². The number of hydrogen-bond donors (Lipinski definition) is 0. The molecule has 0 aliphatic heterocycles. The van der Waals surface area contributed by atoms with Gasteiger partial charge in [0.25, 0.3) is 0 Å². The van der Waals surface area contributed by atoms with E-state index in [4.69, 9.17) is 5.26 Å². The third kappa shape index (κ3) is 2.34. The molecule has 0 aliphatic carbocycles. The number of hydrogen-bond acceptors (Lipinski definition) is 2. The molecule has 0 atom stereocenters. The second-order valence-corrected chi connectivity index (χ2v) is 5.35. The van der Waals surface area contributed by atoms with Gasteiger partial charge in [0.05, 0.1) is 13.1 Å². The maximum absolute atomic E-state index is 8.18. The van der Waals surface area contributed by atoms with E-state index in [0.29, 0.717) is 0 Å². The number of thiophene rings is 1. The first kappa shape index (κ1) is 8.80. The summed E-state index contributed by atoms with van der Waals surface area (Å²) in [5, 5.41) is 8.18. The third-order valence-electron chi connectivity index (χ3n) is 0.910. The smallest absolute Gasteiger partial charge is 0.152 e. The first-order valence-corrected chi connectivity index (χ1v) is 4.99. The van der Waals surface area contributed by atoms with Crippen LogP contribution in [0.4, 0.5) is 0 Å². The lowest BCUT2D eigenvalue weighted by Crippen LogP contribution is -1.64. The Kier molecular flexibility index (Phi) is 3.14. The zero-order valence-corrected chi connectivity index (χ0v) is 9.18. The monoisotopic (exact) mass is 289 g/mol. The van der Waals surface area contributed by atoms with Gasteiger partial charge in [0.15, 0.2) is 6.07 Å². The lowest BCUT2D eigenvalue weighted by molar-refractivity contribution is 1.55. The lowest BCUT2D eigenvalue weighted by atomic mass is 10.3. The molecule has 1 aromatic heterocycles. The van der Waals surface area contributed by atoms with Crippen LogP contribution in [0.25, 0.3) is 0 Å². The molecule has 0 spiro atoms. The van der Waals surface area contributed by atoms with Crippen molar-refractivity contribution >= 4 is 43.2 Å². The Morgan fingerprint density at radius 2 is 2.18 bits per heavy atom. The Hall–Kier alpha value is -0.290. The van der Waals surface area contributed by atoms with Crippen molar-refractivity contribution in [2.45, 2.75) is 0 Å². The van der Waals surface area contributed by atoms with Crippen LogP contribution >= 0.6 is 43.2 Å². The molecule has 0 saturated heterocycles. The highest BCUT2D eigenvalue weighted by atomic mass is 79.9. The van der Waals surface area contributed by atoms with Crippen molar-refractivity contribution < 1.29 is 0 Å². The number of rotatable bonds is 0. The summed E-state index contributed by atoms with van der Waals surface area (Å²) in [4.78, 5) is 0. The zero-order chi connectivity index (χ0) is 8.27. The first-order valence-electron chi connectivity index (χ1n) is 2.59. The molecule has 0 amide bonds. The molecule has 1 aromatic rings. The van der Waals surface area contributed by atoms with Gasteiger partial charge in [-0.1, -0.05) is 0 Å². The van der Waals surface area contributed by atoms with Gasteiger partial charge in [0.2, 0.25) is 0 Å². The van der Waals surface area contributed by atoms with Gasteiger partial charge in [0.1, 0.15) is 0 Å². The highest BCUT2D eigenvalue weighted by Crippen LogP contribution is 2.30. The van der Waals surface area contributed by atoms with Crippen LogP contribution in [-0.2, 0) is 0 Å². The molecule has 1 rings (SSSR count). The van der Waals surface area contributed by atoms with Crippen LogP contribution in [0.1, 0.15) is 5.56 Å². The Labute approximate surface area is 85.3 Å². The van der Waals surface area contributed by atoms with E-state index in [2.05, 4.69) is 43.7 Å². The van der Waals surface area contributed by atoms with Crippen molar-refractivity contribution in [1.82, 2.24) is 0 Å². The summed E-state index contributed by atoms with van der Waals surface area (Å²) in [5.74, 6) is 5.04. The largest absolute Gasteiger partial charge is 0.183 e. The third-order valence-corrected chi connectivity index (χ3v) is 3.25. The van der Waals surface area contributed by atoms with E-state index in [1.54, 1.807) is 17.4 Å². The molecule has 0 fully saturated rings. The highest BCUT2D eigenvalue weighted by molar-refractivity contribution is 9.12. The maximum Gasteiger partial charge on any atom is 0.152 e. The predicted molar refractivity (Wildman–Crippen MR) is 52.2 cm³/mol. The lowest BCUT2D eigenvalue weighted by Gasteiger charge is -1.77. The van der Waals surface area contributed by atoms with Crippen LogP contribution in [0.5, 0.6) is 0 Å². The highest BCUT2D eigenvalue weighted by Gasteiger charge is 2.00. The molecule has 54 valence electrons. The Bertz CT molecular complexity index is 364. The Balaban J connectivity index is 3.06. The summed E-state index contributed by atoms with van der Waals surface area (Å²) >= 11 is 8.18. The van der Waals surface area contributed by atoms with E-state index >= 15 is 0 Å². The van der Waals surface area contributed by atoms with Gasteiger partial charge in [-0.25, -0.2) is 0 Å². The number of nitriles is 1. The van der Waals surface area contributed by atoms with Gasteiger partial charge >= 0.3 is 0 Å². The molecular weight excluding hydrogens is 290 g/mol. The molecular formula is C7HBr2NS. The predicted octanol–water partition coefficient (Wildman–Crippen LogP) is 3.15. The van der Waals surface area contributed by atoms with E-state index in [-0.39, 0.29) is 0 Å². The molecule has 0 aliphatic rings. The first-order chi connectivity index (χ1) is 5.24. The fourth-order valence-electron chi connectivity index (χ4n) is 0.521. The van der Waals surface area contributed by atoms with E-state index < -0.39 is 0 Å². The standard InChI is InChI=1S/C7HBr2NS/c8-6-4-5(2-1-3-10)7(9)11-6/h4H. The molecule has 0 N–H and O–H groups in total. The second-order valence-electron chi connectivity index (χ2n) is 1.60. The number of nitrogens with zero attached hydrogens (tertiary/aromatic N) is 1. The minimum Gasteiger partial charge on any atom is -0.183 e. The quantitative estimate of drug-likeness (QED) is 0.674. The van der Waals surface area contributed by atoms with Crippen LogP contribution in [0.3, 0.4) is 0 Å². The van der Waals surface area contributed by atoms with Crippen LogP contribution in [0.2, 0.25) is 0 Å². The molecule has 4 heteroatoms. The average Bonchev–Trinajstić information content (AvgIpc) is 2.26. The Morgan fingerprint density at radius 3 is 2.64 bits per heavy atom. The van der Waals surface area contributed by atoms with Crippen LogP contribution in [0, 0.1) is 23.2 Å². The summed E-state index contributed by atoms with van der Waals surface area (Å²) in [7, 11) is 0. The van der Waals surface area contributed by atoms with Crippen LogP contribution in [-0.4, -0.2) is 0 Å². The van der Waals surface area contributed by atoms with Gasteiger partial charge < -0.3 is 0 Å². The SMILES string of the molecule is N#CC#Cc1cc(Br)sc1Br. The molecule has 0 radical (unpaired) electrons. The number of halogens is 2. The van der Waals surface area contributed by atoms with Crippen molar-refractivity contribution in [2.75, 3.05) is 0 Å². The van der Waals surface area contributed by atoms with Crippen LogP contribution in [0.15, 0.2) is 13.6 Å². The van der Waals surface area contributed by atoms with Gasteiger partial charge in [-0.05, 0) is 43.8 Å². The summed E-state index contributed by atoms with van der Waals surface area (Å²) in [5.41, 5.74) is 0.850. The summed E-state index contributed by atoms with van der Waals surface area (Å²) < 4.78 is 1.96. The average molecular weight is 291 g/mol. The van der Waals surface area contributed by atoms with E-state index in [9.17, 15) is 0 Å². The molecule has 1 nitrogen and oxygen atoms in total. The zero-order valence-electron chi connectivity index (χ0n) is 5.19. The van der Waals surface area contributed by atoms with Crippen molar-refractivity contribution in [2.24, 2.45) is 0 Å². The van der Waals surface area contributed by atoms with Gasteiger partial charge in [0, 0.05) is 5.92 Å². The van der Waals surface area contributed by atoms with Crippen molar-refractivity contribution in [1.29, 1.82) is 5.26 Å². The van der Waals surface area contributed by atoms with Gasteiger partial charge in [-0.15, -0.1) is 11.3 Å². The van der Waals surface area contributed by atoms with E-state index in [1.807, 2.05) is 6.07 Å². The van der Waals surface area contributed by atoms with E-state index in [1.165, 1.54) is 0 Å². The van der Waals surface area contributed by atoms with Crippen molar-refractivity contribution in [3.8, 4) is 17.9 Å². The molecule has 0 unspecified atom stereocenters. The Morgan fingerprint density at radius 1 is 1.45 bits per heavy atom. The van der Waals surface area contributed by atoms with Crippen LogP contribution < -0.4 is 0 Å². The second kappa shape index (κ2) is 3.92. The molecule has 0 aromatic carbocycles. The minimum atomic E-state index is 0.850. The summed E-state index contributed by atoms with van der Waals surface area (Å²) in [6, 6.07) is 3.63.